The number of hydrogen-bond donors (Lipinski definition) is 1. The van der Waals surface area contributed by atoms with Crippen LogP contribution in [0.2, 0.25) is 10.0 Å². The van der Waals surface area contributed by atoms with Crippen LogP contribution in [-0.2, 0) is 32.6 Å². The first-order chi connectivity index (χ1) is 23.5. The van der Waals surface area contributed by atoms with Crippen LogP contribution >= 0.6 is 35.0 Å². The molecule has 0 aliphatic heterocycles. The summed E-state index contributed by atoms with van der Waals surface area (Å²) in [5.41, 5.74) is 1.52. The highest BCUT2D eigenvalue weighted by Gasteiger charge is 2.35. The highest BCUT2D eigenvalue weighted by Crippen LogP contribution is 2.30. The van der Waals surface area contributed by atoms with E-state index >= 15 is 0 Å². The number of amides is 2. The lowest BCUT2D eigenvalue weighted by molar-refractivity contribution is -0.140. The minimum absolute atomic E-state index is 0.0167. The zero-order valence-corrected chi connectivity index (χ0v) is 31.1. The number of rotatable bonds is 16. The second-order valence-corrected chi connectivity index (χ2v) is 14.9. The lowest BCUT2D eigenvalue weighted by Crippen LogP contribution is -2.54. The number of ether oxygens (including phenoxy) is 1. The predicted molar refractivity (Wildman–Crippen MR) is 199 cm³/mol. The topological polar surface area (TPSA) is 96.0 Å². The van der Waals surface area contributed by atoms with Crippen molar-refractivity contribution in [2.45, 2.75) is 62.0 Å². The third-order valence-electron chi connectivity index (χ3n) is 8.02. The molecule has 0 radical (unpaired) electrons. The molecule has 0 unspecified atom stereocenters. The molecule has 12 heteroatoms. The van der Waals surface area contributed by atoms with Crippen LogP contribution in [0, 0.1) is 0 Å². The summed E-state index contributed by atoms with van der Waals surface area (Å²) in [4.78, 5) is 31.0. The summed E-state index contributed by atoms with van der Waals surface area (Å²) in [6, 6.07) is 26.1. The third-order valence-corrected chi connectivity index (χ3v) is 11.3. The van der Waals surface area contributed by atoms with Crippen LogP contribution in [-0.4, -0.2) is 56.6 Å². The molecular weight excluding hydrogens is 701 g/mol. The van der Waals surface area contributed by atoms with Gasteiger partial charge in [-0.05, 0) is 92.8 Å². The number of sulfonamides is 1. The number of carbonyl (C=O) groups excluding carboxylic acids is 2. The van der Waals surface area contributed by atoms with Gasteiger partial charge in [0.25, 0.3) is 10.0 Å². The highest BCUT2D eigenvalue weighted by atomic mass is 35.5. The Morgan fingerprint density at radius 1 is 0.878 bits per heavy atom. The first-order valence-electron chi connectivity index (χ1n) is 15.9. The molecule has 0 saturated heterocycles. The van der Waals surface area contributed by atoms with Gasteiger partial charge in [0.15, 0.2) is 0 Å². The molecule has 0 bridgehead atoms. The Hall–Kier alpha value is -3.70. The number of thioether (sulfide) groups is 1. The molecule has 0 aliphatic rings. The molecule has 4 aromatic rings. The molecule has 4 rings (SSSR count). The Balaban J connectivity index is 1.84. The smallest absolute Gasteiger partial charge is 0.264 e. The maximum atomic E-state index is 14.7. The second kappa shape index (κ2) is 17.8. The van der Waals surface area contributed by atoms with Crippen LogP contribution in [0.15, 0.2) is 107 Å². The van der Waals surface area contributed by atoms with Gasteiger partial charge in [-0.2, -0.15) is 0 Å². The van der Waals surface area contributed by atoms with E-state index in [1.807, 2.05) is 57.4 Å². The summed E-state index contributed by atoms with van der Waals surface area (Å²) in [6.45, 7) is 5.38. The molecule has 0 saturated carbocycles. The summed E-state index contributed by atoms with van der Waals surface area (Å²) < 4.78 is 35.3. The van der Waals surface area contributed by atoms with Crippen LogP contribution in [0.25, 0.3) is 0 Å². The molecule has 2 atom stereocenters. The minimum atomic E-state index is -4.27. The van der Waals surface area contributed by atoms with E-state index in [9.17, 15) is 18.0 Å². The Morgan fingerprint density at radius 3 is 2.08 bits per heavy atom. The van der Waals surface area contributed by atoms with E-state index in [2.05, 4.69) is 5.32 Å². The van der Waals surface area contributed by atoms with Crippen LogP contribution in [0.3, 0.4) is 0 Å². The summed E-state index contributed by atoms with van der Waals surface area (Å²) in [5, 5.41) is 3.66. The zero-order valence-electron chi connectivity index (χ0n) is 27.9. The molecule has 0 fully saturated rings. The van der Waals surface area contributed by atoms with Gasteiger partial charge in [0.05, 0.1) is 17.2 Å². The van der Waals surface area contributed by atoms with Crippen molar-refractivity contribution in [1.29, 1.82) is 0 Å². The first-order valence-corrected chi connectivity index (χ1v) is 19.4. The largest absolute Gasteiger partial charge is 0.494 e. The third kappa shape index (κ3) is 9.94. The SMILES string of the molecule is CCOc1ccc(N(CC(=O)N(Cc2c(Cl)cccc2Cl)[C@H](Cc2ccccc2)C(=O)N[C@H](C)CC)S(=O)(=O)c2ccc(SC)cc2)cc1. The molecule has 0 heterocycles. The van der Waals surface area contributed by atoms with Gasteiger partial charge >= 0.3 is 0 Å². The number of carbonyl (C=O) groups is 2. The predicted octanol–water partition coefficient (Wildman–Crippen LogP) is 7.86. The number of benzene rings is 4. The van der Waals surface area contributed by atoms with E-state index in [0.717, 1.165) is 14.8 Å². The average Bonchev–Trinajstić information content (AvgIpc) is 3.10. The fourth-order valence-corrected chi connectivity index (χ4v) is 7.47. The minimum Gasteiger partial charge on any atom is -0.494 e. The molecule has 1 N–H and O–H groups in total. The van der Waals surface area contributed by atoms with Crippen molar-refractivity contribution in [3.05, 3.63) is 118 Å². The van der Waals surface area contributed by atoms with Crippen molar-refractivity contribution in [2.24, 2.45) is 0 Å². The average molecular weight is 743 g/mol. The van der Waals surface area contributed by atoms with Crippen molar-refractivity contribution < 1.29 is 22.7 Å². The molecule has 49 heavy (non-hydrogen) atoms. The zero-order chi connectivity index (χ0) is 35.6. The standard InChI is InChI=1S/C37H41Cl2N3O5S2/c1-5-26(3)40-37(44)35(23-27-11-8-7-9-12-27)41(24-32-33(38)13-10-14-34(32)39)36(43)25-42(28-15-17-29(18-16-28)47-6-2)49(45,46)31-21-19-30(48-4)20-22-31/h7-22,26,35H,5-6,23-25H2,1-4H3,(H,40,44)/t26-,35-/m1/s1. The van der Waals surface area contributed by atoms with Gasteiger partial charge in [0.2, 0.25) is 11.8 Å². The van der Waals surface area contributed by atoms with Crippen LogP contribution < -0.4 is 14.4 Å². The molecule has 0 aliphatic carbocycles. The number of anilines is 1. The quantitative estimate of drug-likeness (QED) is 0.118. The Labute approximate surface area is 303 Å². The molecule has 4 aromatic carbocycles. The molecular formula is C37H41Cl2N3O5S2. The number of nitrogens with one attached hydrogen (secondary N) is 1. The molecule has 260 valence electrons. The number of hydrogen-bond acceptors (Lipinski definition) is 6. The van der Waals surface area contributed by atoms with Crippen LogP contribution in [0.4, 0.5) is 5.69 Å². The van der Waals surface area contributed by atoms with Crippen molar-refractivity contribution >= 4 is 62.5 Å². The van der Waals surface area contributed by atoms with Gasteiger partial charge in [0, 0.05) is 39.5 Å². The Morgan fingerprint density at radius 2 is 1.51 bits per heavy atom. The molecule has 0 spiro atoms. The fraction of sp³-hybridized carbons (Fsp3) is 0.297. The second-order valence-electron chi connectivity index (χ2n) is 11.4. The van der Waals surface area contributed by atoms with Crippen molar-refractivity contribution in [2.75, 3.05) is 23.7 Å². The highest BCUT2D eigenvalue weighted by molar-refractivity contribution is 7.98. The lowest BCUT2D eigenvalue weighted by atomic mass is 10.0. The number of nitrogens with zero attached hydrogens (tertiary/aromatic N) is 2. The van der Waals surface area contributed by atoms with Crippen molar-refractivity contribution in [1.82, 2.24) is 10.2 Å². The molecule has 8 nitrogen and oxygen atoms in total. The van der Waals surface area contributed by atoms with Gasteiger partial charge in [-0.1, -0.05) is 66.5 Å². The normalized spacial score (nSPS) is 12.5. The maximum Gasteiger partial charge on any atom is 0.264 e. The first kappa shape index (κ1) is 38.1. The van der Waals surface area contributed by atoms with E-state index in [4.69, 9.17) is 27.9 Å². The molecule has 0 aromatic heterocycles. The van der Waals surface area contributed by atoms with Gasteiger partial charge < -0.3 is 15.0 Å². The van der Waals surface area contributed by atoms with Gasteiger partial charge in [-0.3, -0.25) is 13.9 Å². The number of halogens is 2. The Bertz CT molecular complexity index is 1790. The lowest BCUT2D eigenvalue weighted by Gasteiger charge is -2.34. The van der Waals surface area contributed by atoms with Gasteiger partial charge in [-0.25, -0.2) is 8.42 Å². The van der Waals surface area contributed by atoms with Gasteiger partial charge in [0.1, 0.15) is 18.3 Å². The van der Waals surface area contributed by atoms with Crippen LogP contribution in [0.5, 0.6) is 5.75 Å². The summed E-state index contributed by atoms with van der Waals surface area (Å²) >= 11 is 14.7. The molecule has 2 amide bonds. The summed E-state index contributed by atoms with van der Waals surface area (Å²) in [6.07, 6.45) is 2.74. The van der Waals surface area contributed by atoms with E-state index in [1.165, 1.54) is 28.8 Å². The monoisotopic (exact) mass is 741 g/mol. The summed E-state index contributed by atoms with van der Waals surface area (Å²) in [7, 11) is -4.27. The van der Waals surface area contributed by atoms with E-state index < -0.39 is 28.5 Å². The van der Waals surface area contributed by atoms with Crippen molar-refractivity contribution in [3.63, 3.8) is 0 Å². The summed E-state index contributed by atoms with van der Waals surface area (Å²) in [5.74, 6) is -0.439. The van der Waals surface area contributed by atoms with E-state index in [-0.39, 0.29) is 35.5 Å². The maximum absolute atomic E-state index is 14.7. The fourth-order valence-electron chi connectivity index (χ4n) is 5.13. The van der Waals surface area contributed by atoms with Gasteiger partial charge in [-0.15, -0.1) is 11.8 Å². The van der Waals surface area contributed by atoms with E-state index in [1.54, 1.807) is 54.6 Å². The van der Waals surface area contributed by atoms with E-state index in [0.29, 0.717) is 34.4 Å². The Kier molecular flexibility index (Phi) is 13.8. The van der Waals surface area contributed by atoms with Crippen molar-refractivity contribution in [3.8, 4) is 5.75 Å². The van der Waals surface area contributed by atoms with Crippen LogP contribution in [0.1, 0.15) is 38.3 Å².